The second-order valence-corrected chi connectivity index (χ2v) is 6.98. The Balaban J connectivity index is 1.72. The molecule has 1 aliphatic carbocycles. The standard InChI is InChI=1S/C18H33N3O3/c1-4-21(14(2)24-3)18(23)15-7-9-16(10-8-15)19-13-17(22)20-11-5-6-12-20/h14-16,19H,4-13H2,1-3H3. The van der Waals surface area contributed by atoms with Crippen LogP contribution in [0.25, 0.3) is 0 Å². The lowest BCUT2D eigenvalue weighted by Gasteiger charge is -2.34. The van der Waals surface area contributed by atoms with Crippen LogP contribution < -0.4 is 5.32 Å². The van der Waals surface area contributed by atoms with Gasteiger partial charge in [-0.15, -0.1) is 0 Å². The highest BCUT2D eigenvalue weighted by Gasteiger charge is 2.31. The van der Waals surface area contributed by atoms with Gasteiger partial charge in [-0.3, -0.25) is 9.59 Å². The van der Waals surface area contributed by atoms with E-state index >= 15 is 0 Å². The van der Waals surface area contributed by atoms with Crippen molar-refractivity contribution in [1.82, 2.24) is 15.1 Å². The summed E-state index contributed by atoms with van der Waals surface area (Å²) in [6, 6.07) is 0.357. The zero-order valence-electron chi connectivity index (χ0n) is 15.4. The summed E-state index contributed by atoms with van der Waals surface area (Å²) in [5.74, 6) is 0.519. The maximum absolute atomic E-state index is 12.6. The Morgan fingerprint density at radius 3 is 2.38 bits per heavy atom. The molecule has 1 saturated heterocycles. The fourth-order valence-corrected chi connectivity index (χ4v) is 3.81. The zero-order chi connectivity index (χ0) is 17.5. The van der Waals surface area contributed by atoms with Crippen LogP contribution in [0.15, 0.2) is 0 Å². The third-order valence-corrected chi connectivity index (χ3v) is 5.48. The van der Waals surface area contributed by atoms with Crippen LogP contribution in [0, 0.1) is 5.92 Å². The highest BCUT2D eigenvalue weighted by Crippen LogP contribution is 2.26. The lowest BCUT2D eigenvalue weighted by Crippen LogP contribution is -2.46. The molecule has 2 aliphatic rings. The van der Waals surface area contributed by atoms with Gasteiger partial charge in [0.25, 0.3) is 0 Å². The molecule has 0 aromatic carbocycles. The van der Waals surface area contributed by atoms with E-state index < -0.39 is 0 Å². The first kappa shape index (κ1) is 19.2. The van der Waals surface area contributed by atoms with Gasteiger partial charge in [-0.05, 0) is 52.4 Å². The molecule has 0 aromatic heterocycles. The van der Waals surface area contributed by atoms with E-state index in [-0.39, 0.29) is 24.0 Å². The van der Waals surface area contributed by atoms with Gasteiger partial charge >= 0.3 is 0 Å². The van der Waals surface area contributed by atoms with Gasteiger partial charge in [0.15, 0.2) is 0 Å². The molecule has 2 fully saturated rings. The fraction of sp³-hybridized carbons (Fsp3) is 0.889. The third-order valence-electron chi connectivity index (χ3n) is 5.48. The highest BCUT2D eigenvalue weighted by molar-refractivity contribution is 5.79. The van der Waals surface area contributed by atoms with Crippen molar-refractivity contribution in [3.63, 3.8) is 0 Å². The largest absolute Gasteiger partial charge is 0.362 e. The summed E-state index contributed by atoms with van der Waals surface area (Å²) in [7, 11) is 1.64. The molecule has 1 saturated carbocycles. The van der Waals surface area contributed by atoms with Gasteiger partial charge in [0, 0.05) is 38.7 Å². The summed E-state index contributed by atoms with van der Waals surface area (Å²) in [6.07, 6.45) is 5.80. The lowest BCUT2D eigenvalue weighted by atomic mass is 9.85. The number of ether oxygens (including phenoxy) is 1. The Morgan fingerprint density at radius 2 is 1.83 bits per heavy atom. The molecular formula is C18H33N3O3. The summed E-state index contributed by atoms with van der Waals surface area (Å²) < 4.78 is 5.30. The third kappa shape index (κ3) is 4.93. The predicted molar refractivity (Wildman–Crippen MR) is 93.4 cm³/mol. The van der Waals surface area contributed by atoms with E-state index in [1.807, 2.05) is 23.6 Å². The van der Waals surface area contributed by atoms with Crippen LogP contribution in [0.5, 0.6) is 0 Å². The lowest BCUT2D eigenvalue weighted by molar-refractivity contribution is -0.147. The molecule has 1 aliphatic heterocycles. The monoisotopic (exact) mass is 339 g/mol. The minimum atomic E-state index is -0.170. The molecule has 2 amide bonds. The average molecular weight is 339 g/mol. The summed E-state index contributed by atoms with van der Waals surface area (Å²) in [4.78, 5) is 28.5. The Bertz CT molecular complexity index is 416. The molecule has 1 atom stereocenters. The second kappa shape index (κ2) is 9.37. The van der Waals surface area contributed by atoms with Gasteiger partial charge in [0.1, 0.15) is 6.23 Å². The summed E-state index contributed by atoms with van der Waals surface area (Å²) in [5.41, 5.74) is 0. The van der Waals surface area contributed by atoms with E-state index in [4.69, 9.17) is 4.74 Å². The van der Waals surface area contributed by atoms with Gasteiger partial charge in [-0.1, -0.05) is 0 Å². The number of carbonyl (C=O) groups excluding carboxylic acids is 2. The van der Waals surface area contributed by atoms with Crippen molar-refractivity contribution >= 4 is 11.8 Å². The van der Waals surface area contributed by atoms with Crippen molar-refractivity contribution in [3.8, 4) is 0 Å². The topological polar surface area (TPSA) is 61.9 Å². The van der Waals surface area contributed by atoms with Crippen molar-refractivity contribution in [1.29, 1.82) is 0 Å². The van der Waals surface area contributed by atoms with Crippen molar-refractivity contribution in [2.24, 2.45) is 5.92 Å². The number of amides is 2. The zero-order valence-corrected chi connectivity index (χ0v) is 15.4. The van der Waals surface area contributed by atoms with Crippen LogP contribution in [0.3, 0.4) is 0 Å². The Hall–Kier alpha value is -1.14. The first-order valence-corrected chi connectivity index (χ1v) is 9.41. The van der Waals surface area contributed by atoms with Crippen LogP contribution >= 0.6 is 0 Å². The van der Waals surface area contributed by atoms with Crippen LogP contribution in [0.4, 0.5) is 0 Å². The van der Waals surface area contributed by atoms with Crippen LogP contribution in [0.2, 0.25) is 0 Å². The molecule has 0 radical (unpaired) electrons. The molecule has 1 N–H and O–H groups in total. The predicted octanol–water partition coefficient (Wildman–Crippen LogP) is 1.60. The number of carbonyl (C=O) groups is 2. The van der Waals surface area contributed by atoms with Crippen molar-refractivity contribution < 1.29 is 14.3 Å². The number of rotatable bonds is 7. The van der Waals surface area contributed by atoms with Gasteiger partial charge in [0.05, 0.1) is 6.54 Å². The fourth-order valence-electron chi connectivity index (χ4n) is 3.81. The summed E-state index contributed by atoms with van der Waals surface area (Å²) >= 11 is 0. The molecule has 24 heavy (non-hydrogen) atoms. The molecular weight excluding hydrogens is 306 g/mol. The van der Waals surface area contributed by atoms with Gasteiger partial charge in [0.2, 0.25) is 11.8 Å². The van der Waals surface area contributed by atoms with E-state index in [9.17, 15) is 9.59 Å². The number of hydrogen-bond acceptors (Lipinski definition) is 4. The van der Waals surface area contributed by atoms with Crippen molar-refractivity contribution in [2.45, 2.75) is 64.6 Å². The summed E-state index contributed by atoms with van der Waals surface area (Å²) in [6.45, 7) is 6.84. The van der Waals surface area contributed by atoms with Crippen LogP contribution in [-0.4, -0.2) is 67.2 Å². The Kier molecular flexibility index (Phi) is 7.49. The van der Waals surface area contributed by atoms with Crippen LogP contribution in [0.1, 0.15) is 52.4 Å². The average Bonchev–Trinajstić information content (AvgIpc) is 3.15. The van der Waals surface area contributed by atoms with Crippen molar-refractivity contribution in [3.05, 3.63) is 0 Å². The highest BCUT2D eigenvalue weighted by atomic mass is 16.5. The van der Waals surface area contributed by atoms with E-state index in [2.05, 4.69) is 5.32 Å². The van der Waals surface area contributed by atoms with E-state index in [0.29, 0.717) is 19.1 Å². The molecule has 6 nitrogen and oxygen atoms in total. The molecule has 138 valence electrons. The Labute approximate surface area is 145 Å². The van der Waals surface area contributed by atoms with Crippen LogP contribution in [-0.2, 0) is 14.3 Å². The van der Waals surface area contributed by atoms with Crippen molar-refractivity contribution in [2.75, 3.05) is 33.3 Å². The maximum atomic E-state index is 12.6. The minimum Gasteiger partial charge on any atom is -0.362 e. The smallest absolute Gasteiger partial charge is 0.236 e. The number of likely N-dealkylation sites (tertiary alicyclic amines) is 1. The van der Waals surface area contributed by atoms with E-state index in [1.54, 1.807) is 7.11 Å². The Morgan fingerprint density at radius 1 is 1.21 bits per heavy atom. The van der Waals surface area contributed by atoms with E-state index in [0.717, 1.165) is 51.6 Å². The number of hydrogen-bond donors (Lipinski definition) is 1. The maximum Gasteiger partial charge on any atom is 0.236 e. The molecule has 0 bridgehead atoms. The number of nitrogens with one attached hydrogen (secondary N) is 1. The van der Waals surface area contributed by atoms with Gasteiger partial charge < -0.3 is 19.9 Å². The first-order chi connectivity index (χ1) is 11.6. The number of nitrogens with zero attached hydrogens (tertiary/aromatic N) is 2. The molecule has 6 heteroatoms. The SMILES string of the molecule is CCN(C(=O)C1CCC(NCC(=O)N2CCCC2)CC1)C(C)OC. The molecule has 2 rings (SSSR count). The minimum absolute atomic E-state index is 0.0925. The second-order valence-electron chi connectivity index (χ2n) is 6.98. The first-order valence-electron chi connectivity index (χ1n) is 9.41. The van der Waals surface area contributed by atoms with E-state index in [1.165, 1.54) is 0 Å². The van der Waals surface area contributed by atoms with Gasteiger partial charge in [-0.25, -0.2) is 0 Å². The summed E-state index contributed by atoms with van der Waals surface area (Å²) in [5, 5.41) is 3.39. The quantitative estimate of drug-likeness (QED) is 0.716. The number of methoxy groups -OCH3 is 1. The molecule has 0 aromatic rings. The molecule has 0 spiro atoms. The molecule has 1 unspecified atom stereocenters. The molecule has 1 heterocycles. The normalized spacial score (nSPS) is 25.5. The van der Waals surface area contributed by atoms with Gasteiger partial charge in [-0.2, -0.15) is 0 Å².